The number of hydrogen-bond acceptors (Lipinski definition) is 7. The van der Waals surface area contributed by atoms with Gasteiger partial charge in [-0.2, -0.15) is 0 Å². The van der Waals surface area contributed by atoms with Gasteiger partial charge in [0.2, 0.25) is 0 Å². The zero-order valence-corrected chi connectivity index (χ0v) is 19.4. The molecule has 1 aromatic rings. The molecule has 2 atom stereocenters. The summed E-state index contributed by atoms with van der Waals surface area (Å²) >= 11 is 0. The highest BCUT2D eigenvalue weighted by atomic mass is 16.5. The van der Waals surface area contributed by atoms with Crippen LogP contribution in [0.15, 0.2) is 18.2 Å². The van der Waals surface area contributed by atoms with Crippen LogP contribution in [0.5, 0.6) is 5.75 Å². The Kier molecular flexibility index (Phi) is 16.0. The number of aromatic hydroxyl groups is 1. The Morgan fingerprint density at radius 2 is 1.32 bits per heavy atom. The molecule has 0 saturated heterocycles. The molecule has 0 saturated carbocycles. The van der Waals surface area contributed by atoms with E-state index in [2.05, 4.69) is 24.5 Å². The molecule has 7 nitrogen and oxygen atoms in total. The Morgan fingerprint density at radius 1 is 0.774 bits per heavy atom. The Labute approximate surface area is 188 Å². The van der Waals surface area contributed by atoms with E-state index >= 15 is 0 Å². The topological polar surface area (TPSA) is 103 Å². The van der Waals surface area contributed by atoms with Gasteiger partial charge in [0.25, 0.3) is 0 Å². The molecule has 1 aromatic carbocycles. The molecule has 7 heteroatoms. The first-order valence-corrected chi connectivity index (χ1v) is 11.9. The maximum Gasteiger partial charge on any atom is 0.140 e. The number of phenolic OH excluding ortho intramolecular Hbond substituents is 1. The molecule has 1 rings (SSSR count). The monoisotopic (exact) mass is 440 g/mol. The molecule has 0 fully saturated rings. The quantitative estimate of drug-likeness (QED) is 0.153. The van der Waals surface area contributed by atoms with Gasteiger partial charge in [-0.3, -0.25) is 0 Å². The van der Waals surface area contributed by atoms with Crippen molar-refractivity contribution < 1.29 is 24.8 Å². The minimum atomic E-state index is -0.501. The zero-order chi connectivity index (χ0) is 22.7. The van der Waals surface area contributed by atoms with Crippen LogP contribution in [0.1, 0.15) is 65.2 Å². The summed E-state index contributed by atoms with van der Waals surface area (Å²) in [7, 11) is 0. The van der Waals surface area contributed by atoms with E-state index in [0.29, 0.717) is 37.3 Å². The van der Waals surface area contributed by atoms with Crippen molar-refractivity contribution in [1.82, 2.24) is 0 Å². The molecule has 0 aliphatic carbocycles. The highest BCUT2D eigenvalue weighted by Crippen LogP contribution is 2.31. The number of phenols is 1. The van der Waals surface area contributed by atoms with Crippen molar-refractivity contribution in [3.63, 3.8) is 0 Å². The number of unbranched alkanes of at least 4 members (excludes halogenated alkanes) is 2. The van der Waals surface area contributed by atoms with Crippen LogP contribution in [-0.2, 0) is 9.47 Å². The summed E-state index contributed by atoms with van der Waals surface area (Å²) in [5.74, 6) is 0.118. The second kappa shape index (κ2) is 18.1. The van der Waals surface area contributed by atoms with Crippen LogP contribution in [0.4, 0.5) is 11.4 Å². The van der Waals surface area contributed by atoms with Crippen LogP contribution < -0.4 is 10.6 Å². The zero-order valence-electron chi connectivity index (χ0n) is 19.4. The summed E-state index contributed by atoms with van der Waals surface area (Å²) in [6.45, 7) is 7.97. The second-order valence-electron chi connectivity index (χ2n) is 7.99. The van der Waals surface area contributed by atoms with E-state index in [1.165, 1.54) is 0 Å². The van der Waals surface area contributed by atoms with E-state index in [0.717, 1.165) is 65.0 Å². The Bertz CT molecular complexity index is 559. The molecular formula is C24H44N2O5. The average molecular weight is 441 g/mol. The predicted octanol–water partition coefficient (Wildman–Crippen LogP) is 4.13. The summed E-state index contributed by atoms with van der Waals surface area (Å²) in [4.78, 5) is 0. The van der Waals surface area contributed by atoms with Gasteiger partial charge in [0.1, 0.15) is 11.4 Å². The van der Waals surface area contributed by atoms with E-state index in [4.69, 9.17) is 9.47 Å². The van der Waals surface area contributed by atoms with Crippen LogP contribution in [0.3, 0.4) is 0 Å². The molecule has 0 aromatic heterocycles. The van der Waals surface area contributed by atoms with Crippen molar-refractivity contribution in [2.45, 2.75) is 77.4 Å². The van der Waals surface area contributed by atoms with E-state index in [1.807, 2.05) is 6.07 Å². The van der Waals surface area contributed by atoms with Crippen molar-refractivity contribution in [2.24, 2.45) is 0 Å². The highest BCUT2D eigenvalue weighted by Gasteiger charge is 2.12. The lowest BCUT2D eigenvalue weighted by atomic mass is 10.1. The molecule has 0 aliphatic heterocycles. The number of aliphatic hydroxyl groups is 2. The molecule has 31 heavy (non-hydrogen) atoms. The summed E-state index contributed by atoms with van der Waals surface area (Å²) in [6, 6.07) is 5.22. The fourth-order valence-electron chi connectivity index (χ4n) is 3.19. The number of anilines is 2. The van der Waals surface area contributed by atoms with Crippen LogP contribution in [0.25, 0.3) is 0 Å². The van der Waals surface area contributed by atoms with Crippen molar-refractivity contribution in [1.29, 1.82) is 0 Å². The number of ether oxygens (including phenoxy) is 2. The van der Waals surface area contributed by atoms with E-state index in [-0.39, 0.29) is 5.75 Å². The van der Waals surface area contributed by atoms with Gasteiger partial charge < -0.3 is 35.4 Å². The Hall–Kier alpha value is -1.54. The SMILES string of the molecule is CCCOCCCCC(O)CNc1cccc(O)c1NCC(O)CCCCOCCC. The molecule has 0 heterocycles. The molecular weight excluding hydrogens is 396 g/mol. The number of rotatable bonds is 20. The summed E-state index contributed by atoms with van der Waals surface area (Å²) in [6.07, 6.45) is 6.14. The van der Waals surface area contributed by atoms with E-state index in [1.54, 1.807) is 12.1 Å². The van der Waals surface area contributed by atoms with Gasteiger partial charge >= 0.3 is 0 Å². The van der Waals surface area contributed by atoms with Crippen molar-refractivity contribution >= 4 is 11.4 Å². The van der Waals surface area contributed by atoms with Gasteiger partial charge in [-0.1, -0.05) is 19.9 Å². The fourth-order valence-corrected chi connectivity index (χ4v) is 3.19. The summed E-state index contributed by atoms with van der Waals surface area (Å²) in [5.41, 5.74) is 1.26. The van der Waals surface area contributed by atoms with Crippen LogP contribution in [0.2, 0.25) is 0 Å². The van der Waals surface area contributed by atoms with Crippen LogP contribution in [-0.4, -0.2) is 67.0 Å². The smallest absolute Gasteiger partial charge is 0.140 e. The number of aliphatic hydroxyl groups excluding tert-OH is 2. The van der Waals surface area contributed by atoms with Crippen molar-refractivity contribution in [2.75, 3.05) is 50.2 Å². The third-order valence-electron chi connectivity index (χ3n) is 4.93. The molecule has 180 valence electrons. The normalized spacial score (nSPS) is 13.2. The van der Waals surface area contributed by atoms with Crippen molar-refractivity contribution in [3.05, 3.63) is 18.2 Å². The number of benzene rings is 1. The third kappa shape index (κ3) is 13.5. The Balaban J connectivity index is 2.33. The minimum Gasteiger partial charge on any atom is -0.506 e. The first kappa shape index (κ1) is 27.5. The van der Waals surface area contributed by atoms with Gasteiger partial charge in [-0.05, 0) is 63.5 Å². The Morgan fingerprint density at radius 3 is 1.87 bits per heavy atom. The standard InChI is InChI=1S/C24H44N2O5/c1-3-14-30-16-7-5-10-20(27)18-25-22-12-9-13-23(29)24(22)26-19-21(28)11-6-8-17-31-15-4-2/h9,12-13,20-21,25-29H,3-8,10-11,14-19H2,1-2H3. The van der Waals surface area contributed by atoms with Gasteiger partial charge in [0.15, 0.2) is 0 Å². The maximum absolute atomic E-state index is 10.2. The molecule has 0 aliphatic rings. The summed E-state index contributed by atoms with van der Waals surface area (Å²) < 4.78 is 10.9. The van der Waals surface area contributed by atoms with E-state index in [9.17, 15) is 15.3 Å². The summed E-state index contributed by atoms with van der Waals surface area (Å²) in [5, 5.41) is 37.0. The lowest BCUT2D eigenvalue weighted by Gasteiger charge is -2.19. The van der Waals surface area contributed by atoms with E-state index < -0.39 is 12.2 Å². The first-order valence-electron chi connectivity index (χ1n) is 11.9. The molecule has 0 spiro atoms. The number of nitrogens with one attached hydrogen (secondary N) is 2. The largest absolute Gasteiger partial charge is 0.506 e. The minimum absolute atomic E-state index is 0.118. The van der Waals surface area contributed by atoms with Gasteiger partial charge in [-0.15, -0.1) is 0 Å². The molecule has 0 amide bonds. The first-order chi connectivity index (χ1) is 15.1. The van der Waals surface area contributed by atoms with Gasteiger partial charge in [0, 0.05) is 39.5 Å². The average Bonchev–Trinajstić information content (AvgIpc) is 2.76. The molecule has 5 N–H and O–H groups in total. The van der Waals surface area contributed by atoms with Crippen molar-refractivity contribution in [3.8, 4) is 5.75 Å². The molecule has 2 unspecified atom stereocenters. The van der Waals surface area contributed by atoms with Crippen LogP contribution in [0, 0.1) is 0 Å². The third-order valence-corrected chi connectivity index (χ3v) is 4.93. The maximum atomic E-state index is 10.2. The number of para-hydroxylation sites is 1. The van der Waals surface area contributed by atoms with Gasteiger partial charge in [0.05, 0.1) is 17.9 Å². The second-order valence-corrected chi connectivity index (χ2v) is 7.99. The predicted molar refractivity (Wildman–Crippen MR) is 127 cm³/mol. The van der Waals surface area contributed by atoms with Gasteiger partial charge in [-0.25, -0.2) is 0 Å². The molecule has 0 radical (unpaired) electrons. The fraction of sp³-hybridized carbons (Fsp3) is 0.750. The highest BCUT2D eigenvalue weighted by molar-refractivity contribution is 5.75. The lowest BCUT2D eigenvalue weighted by molar-refractivity contribution is 0.122. The number of hydrogen-bond donors (Lipinski definition) is 5. The van der Waals surface area contributed by atoms with Crippen LogP contribution >= 0.6 is 0 Å². The lowest BCUT2D eigenvalue weighted by Crippen LogP contribution is -2.22. The molecule has 0 bridgehead atoms.